The maximum absolute atomic E-state index is 12.6. The molecule has 1 spiro atoms. The molecule has 1 aromatic carbocycles. The van der Waals surface area contributed by atoms with Crippen molar-refractivity contribution in [3.63, 3.8) is 0 Å². The minimum atomic E-state index is 0.0996. The fraction of sp³-hybridized carbons (Fsp3) is 0.667. The molecule has 0 unspecified atom stereocenters. The number of rotatable bonds is 7. The fourth-order valence-electron chi connectivity index (χ4n) is 4.70. The lowest BCUT2D eigenvalue weighted by molar-refractivity contribution is -0.132. The lowest BCUT2D eigenvalue weighted by atomic mass is 9.77. The van der Waals surface area contributed by atoms with Crippen LogP contribution >= 0.6 is 0 Å². The summed E-state index contributed by atoms with van der Waals surface area (Å²) in [5.74, 6) is 2.29. The van der Waals surface area contributed by atoms with E-state index in [4.69, 9.17) is 9.47 Å². The topological polar surface area (TPSA) is 42.0 Å². The van der Waals surface area contributed by atoms with Crippen LogP contribution in [0.2, 0.25) is 0 Å². The third-order valence-corrected chi connectivity index (χ3v) is 6.31. The minimum absolute atomic E-state index is 0.0996. The first-order chi connectivity index (χ1) is 12.7. The number of benzene rings is 1. The van der Waals surface area contributed by atoms with Crippen LogP contribution in [-0.4, -0.2) is 68.8 Å². The van der Waals surface area contributed by atoms with Gasteiger partial charge in [-0.15, -0.1) is 0 Å². The maximum atomic E-state index is 12.6. The van der Waals surface area contributed by atoms with E-state index in [1.165, 1.54) is 19.4 Å². The highest BCUT2D eigenvalue weighted by molar-refractivity contribution is 5.78. The van der Waals surface area contributed by atoms with E-state index in [1.54, 1.807) is 7.11 Å². The Kier molecular flexibility index (Phi) is 5.18. The lowest BCUT2D eigenvalue weighted by Crippen LogP contribution is -2.39. The molecule has 0 N–H and O–H groups in total. The van der Waals surface area contributed by atoms with Crippen LogP contribution in [-0.2, 0) is 9.53 Å². The van der Waals surface area contributed by atoms with E-state index in [2.05, 4.69) is 4.90 Å². The molecule has 0 bridgehead atoms. The first-order valence-electron chi connectivity index (χ1n) is 9.85. The van der Waals surface area contributed by atoms with E-state index in [-0.39, 0.29) is 17.9 Å². The third kappa shape index (κ3) is 3.89. The van der Waals surface area contributed by atoms with Gasteiger partial charge < -0.3 is 19.3 Å². The van der Waals surface area contributed by atoms with Crippen LogP contribution in [0, 0.1) is 17.3 Å². The van der Waals surface area contributed by atoms with Gasteiger partial charge in [0.1, 0.15) is 5.75 Å². The van der Waals surface area contributed by atoms with Crippen molar-refractivity contribution < 1.29 is 14.3 Å². The van der Waals surface area contributed by atoms with Gasteiger partial charge in [0, 0.05) is 51.2 Å². The van der Waals surface area contributed by atoms with Crippen LogP contribution in [0.25, 0.3) is 0 Å². The molecule has 4 rings (SSSR count). The Bertz CT molecular complexity index is 619. The smallest absolute Gasteiger partial charge is 0.260 e. The first-order valence-corrected chi connectivity index (χ1v) is 9.85. The summed E-state index contributed by atoms with van der Waals surface area (Å²) in [6.07, 6.45) is 3.86. The Morgan fingerprint density at radius 1 is 1.23 bits per heavy atom. The SMILES string of the molecule is COC[C@@H]1CN(CC2CC2)C[C@]12CCN(C(=O)COc1ccccc1)C2. The Hall–Kier alpha value is -1.59. The molecule has 2 aliphatic heterocycles. The van der Waals surface area contributed by atoms with E-state index in [1.807, 2.05) is 35.2 Å². The molecule has 3 aliphatic rings. The molecular weight excluding hydrogens is 328 g/mol. The Balaban J connectivity index is 1.35. The molecule has 1 aromatic rings. The average molecular weight is 358 g/mol. The number of carbonyl (C=O) groups excluding carboxylic acids is 1. The summed E-state index contributed by atoms with van der Waals surface area (Å²) in [7, 11) is 1.79. The molecule has 5 heteroatoms. The third-order valence-electron chi connectivity index (χ3n) is 6.31. The largest absolute Gasteiger partial charge is 0.484 e. The fourth-order valence-corrected chi connectivity index (χ4v) is 4.70. The van der Waals surface area contributed by atoms with Gasteiger partial charge in [-0.3, -0.25) is 4.79 Å². The van der Waals surface area contributed by atoms with Crippen molar-refractivity contribution in [2.24, 2.45) is 17.3 Å². The average Bonchev–Trinajstić information content (AvgIpc) is 3.26. The number of para-hydroxylation sites is 1. The Morgan fingerprint density at radius 3 is 2.77 bits per heavy atom. The van der Waals surface area contributed by atoms with E-state index in [0.29, 0.717) is 5.92 Å². The summed E-state index contributed by atoms with van der Waals surface area (Å²) >= 11 is 0. The van der Waals surface area contributed by atoms with Crippen LogP contribution in [0.1, 0.15) is 19.3 Å². The molecule has 2 saturated heterocycles. The number of hydrogen-bond donors (Lipinski definition) is 0. The van der Waals surface area contributed by atoms with Crippen LogP contribution < -0.4 is 4.74 Å². The summed E-state index contributed by atoms with van der Waals surface area (Å²) in [4.78, 5) is 17.3. The molecule has 1 saturated carbocycles. The van der Waals surface area contributed by atoms with Gasteiger partial charge in [0.25, 0.3) is 5.91 Å². The minimum Gasteiger partial charge on any atom is -0.484 e. The van der Waals surface area contributed by atoms with Gasteiger partial charge in [-0.1, -0.05) is 18.2 Å². The summed E-state index contributed by atoms with van der Waals surface area (Å²) in [6, 6.07) is 9.57. The summed E-state index contributed by atoms with van der Waals surface area (Å²) in [5.41, 5.74) is 0.202. The van der Waals surface area contributed by atoms with Crippen LogP contribution in [0.15, 0.2) is 30.3 Å². The van der Waals surface area contributed by atoms with Crippen molar-refractivity contribution >= 4 is 5.91 Å². The standard InChI is InChI=1S/C21H30N2O3/c1-25-13-18-12-22(11-17-7-8-17)15-21(18)9-10-23(16-21)20(24)14-26-19-5-3-2-4-6-19/h2-6,17-18H,7-16H2,1H3/t18-,21-/m0/s1. The highest BCUT2D eigenvalue weighted by atomic mass is 16.5. The number of amides is 1. The zero-order chi connectivity index (χ0) is 18.0. The van der Waals surface area contributed by atoms with Gasteiger partial charge in [-0.05, 0) is 37.3 Å². The molecule has 1 aliphatic carbocycles. The molecule has 0 radical (unpaired) electrons. The number of nitrogens with zero attached hydrogens (tertiary/aromatic N) is 2. The number of methoxy groups -OCH3 is 1. The normalized spacial score (nSPS) is 28.8. The van der Waals surface area contributed by atoms with Gasteiger partial charge in [-0.2, -0.15) is 0 Å². The number of hydrogen-bond acceptors (Lipinski definition) is 4. The second-order valence-corrected chi connectivity index (χ2v) is 8.32. The predicted octanol–water partition coefficient (Wildman–Crippen LogP) is 2.27. The number of likely N-dealkylation sites (tertiary alicyclic amines) is 2. The molecule has 26 heavy (non-hydrogen) atoms. The van der Waals surface area contributed by atoms with E-state index >= 15 is 0 Å². The maximum Gasteiger partial charge on any atom is 0.260 e. The molecular formula is C21H30N2O3. The van der Waals surface area contributed by atoms with Gasteiger partial charge in [0.05, 0.1) is 6.61 Å². The molecule has 1 amide bonds. The molecule has 2 heterocycles. The predicted molar refractivity (Wildman–Crippen MR) is 100 cm³/mol. The highest BCUT2D eigenvalue weighted by Crippen LogP contribution is 2.45. The zero-order valence-electron chi connectivity index (χ0n) is 15.7. The number of ether oxygens (including phenoxy) is 2. The van der Waals surface area contributed by atoms with Crippen LogP contribution in [0.3, 0.4) is 0 Å². The van der Waals surface area contributed by atoms with Crippen molar-refractivity contribution in [2.45, 2.75) is 19.3 Å². The van der Waals surface area contributed by atoms with Crippen molar-refractivity contribution in [3.05, 3.63) is 30.3 Å². The van der Waals surface area contributed by atoms with Gasteiger partial charge >= 0.3 is 0 Å². The molecule has 2 atom stereocenters. The quantitative estimate of drug-likeness (QED) is 0.750. The van der Waals surface area contributed by atoms with Gasteiger partial charge in [-0.25, -0.2) is 0 Å². The van der Waals surface area contributed by atoms with Crippen LogP contribution in [0.5, 0.6) is 5.75 Å². The number of carbonyl (C=O) groups is 1. The first kappa shape index (κ1) is 17.8. The second kappa shape index (κ2) is 7.57. The zero-order valence-corrected chi connectivity index (χ0v) is 15.7. The lowest BCUT2D eigenvalue weighted by Gasteiger charge is -2.30. The summed E-state index contributed by atoms with van der Waals surface area (Å²) < 4.78 is 11.2. The highest BCUT2D eigenvalue weighted by Gasteiger charge is 2.51. The monoisotopic (exact) mass is 358 g/mol. The van der Waals surface area contributed by atoms with Crippen molar-refractivity contribution in [1.29, 1.82) is 0 Å². The Labute approximate surface area is 156 Å². The van der Waals surface area contributed by atoms with E-state index < -0.39 is 0 Å². The summed E-state index contributed by atoms with van der Waals surface area (Å²) in [6.45, 7) is 6.07. The van der Waals surface area contributed by atoms with Gasteiger partial charge in [0.2, 0.25) is 0 Å². The molecule has 0 aromatic heterocycles. The Morgan fingerprint density at radius 2 is 2.04 bits per heavy atom. The summed E-state index contributed by atoms with van der Waals surface area (Å²) in [5, 5.41) is 0. The van der Waals surface area contributed by atoms with Crippen molar-refractivity contribution in [2.75, 3.05) is 53.0 Å². The molecule has 5 nitrogen and oxygen atoms in total. The van der Waals surface area contributed by atoms with E-state index in [9.17, 15) is 4.79 Å². The van der Waals surface area contributed by atoms with E-state index in [0.717, 1.165) is 50.9 Å². The van der Waals surface area contributed by atoms with Crippen molar-refractivity contribution in [1.82, 2.24) is 9.80 Å². The molecule has 142 valence electrons. The molecule has 3 fully saturated rings. The van der Waals surface area contributed by atoms with Crippen molar-refractivity contribution in [3.8, 4) is 5.75 Å². The van der Waals surface area contributed by atoms with Gasteiger partial charge in [0.15, 0.2) is 6.61 Å². The van der Waals surface area contributed by atoms with Crippen LogP contribution in [0.4, 0.5) is 0 Å². The second-order valence-electron chi connectivity index (χ2n) is 8.32.